The predicted octanol–water partition coefficient (Wildman–Crippen LogP) is 5.12. The van der Waals surface area contributed by atoms with E-state index in [9.17, 15) is 4.39 Å². The smallest absolute Gasteiger partial charge is 0.123 e. The van der Waals surface area contributed by atoms with Gasteiger partial charge < -0.3 is 10.3 Å². The van der Waals surface area contributed by atoms with E-state index in [4.69, 9.17) is 0 Å². The highest BCUT2D eigenvalue weighted by atomic mass is 35.5. The summed E-state index contributed by atoms with van der Waals surface area (Å²) in [5.41, 5.74) is 4.65. The second kappa shape index (κ2) is 6.17. The Morgan fingerprint density at radius 2 is 1.76 bits per heavy atom. The van der Waals surface area contributed by atoms with Crippen LogP contribution in [0.2, 0.25) is 0 Å². The summed E-state index contributed by atoms with van der Waals surface area (Å²) in [5, 5.41) is 7.11. The van der Waals surface area contributed by atoms with E-state index in [1.54, 1.807) is 6.07 Å². The van der Waals surface area contributed by atoms with Gasteiger partial charge in [0.05, 0.1) is 6.04 Å². The first-order valence-corrected chi connectivity index (χ1v) is 8.32. The molecule has 3 aromatic carbocycles. The van der Waals surface area contributed by atoms with Crippen molar-refractivity contribution in [3.8, 4) is 0 Å². The summed E-state index contributed by atoms with van der Waals surface area (Å²) in [5.74, 6) is -0.176. The Labute approximate surface area is 151 Å². The Hall–Kier alpha value is -2.36. The number of H-pyrrole nitrogens is 1. The van der Waals surface area contributed by atoms with Gasteiger partial charge in [-0.25, -0.2) is 4.39 Å². The fourth-order valence-electron chi connectivity index (χ4n) is 3.87. The van der Waals surface area contributed by atoms with Crippen molar-refractivity contribution < 1.29 is 4.39 Å². The van der Waals surface area contributed by atoms with Crippen LogP contribution in [0.25, 0.3) is 21.7 Å². The van der Waals surface area contributed by atoms with Gasteiger partial charge in [-0.05, 0) is 52.6 Å². The maximum Gasteiger partial charge on any atom is 0.123 e. The Bertz CT molecular complexity index is 1070. The van der Waals surface area contributed by atoms with Gasteiger partial charge in [0, 0.05) is 23.1 Å². The number of benzene rings is 3. The van der Waals surface area contributed by atoms with Crippen LogP contribution in [0.1, 0.15) is 22.9 Å². The summed E-state index contributed by atoms with van der Waals surface area (Å²) in [6, 6.07) is 20.1. The second-order valence-electron chi connectivity index (χ2n) is 6.45. The quantitative estimate of drug-likeness (QED) is 0.489. The summed E-state index contributed by atoms with van der Waals surface area (Å²) < 4.78 is 13.6. The standard InChI is InChI=1S/C21H17FN2.ClH/c22-16-7-8-19-18(12-16)17-9-10-23-20(21(17)24-19)15-6-5-13-3-1-2-4-14(13)11-15;/h1-8,11-12,20,23-24H,9-10H2;1H. The number of hydrogen-bond acceptors (Lipinski definition) is 1. The first kappa shape index (κ1) is 16.1. The molecule has 5 rings (SSSR count). The lowest BCUT2D eigenvalue weighted by atomic mass is 9.93. The molecule has 1 aliphatic heterocycles. The molecule has 4 heteroatoms. The van der Waals surface area contributed by atoms with Crippen molar-refractivity contribution in [3.63, 3.8) is 0 Å². The monoisotopic (exact) mass is 352 g/mol. The number of halogens is 2. The zero-order chi connectivity index (χ0) is 16.1. The topological polar surface area (TPSA) is 27.8 Å². The number of fused-ring (bicyclic) bond motifs is 4. The van der Waals surface area contributed by atoms with Gasteiger partial charge in [-0.1, -0.05) is 36.4 Å². The minimum atomic E-state index is -0.176. The van der Waals surface area contributed by atoms with Crippen molar-refractivity contribution in [2.75, 3.05) is 6.54 Å². The van der Waals surface area contributed by atoms with Gasteiger partial charge in [0.25, 0.3) is 0 Å². The number of rotatable bonds is 1. The summed E-state index contributed by atoms with van der Waals surface area (Å²) in [6.07, 6.45) is 0.920. The van der Waals surface area contributed by atoms with Gasteiger partial charge in [0.1, 0.15) is 5.82 Å². The summed E-state index contributed by atoms with van der Waals surface area (Å²) in [6.45, 7) is 0.897. The summed E-state index contributed by atoms with van der Waals surface area (Å²) in [7, 11) is 0. The Kier molecular flexibility index (Phi) is 3.98. The molecule has 0 fully saturated rings. The highest BCUT2D eigenvalue weighted by Gasteiger charge is 2.25. The maximum atomic E-state index is 13.6. The zero-order valence-electron chi connectivity index (χ0n) is 13.6. The minimum Gasteiger partial charge on any atom is -0.357 e. The summed E-state index contributed by atoms with van der Waals surface area (Å²) >= 11 is 0. The minimum absolute atomic E-state index is 0. The lowest BCUT2D eigenvalue weighted by molar-refractivity contribution is 0.560. The van der Waals surface area contributed by atoms with E-state index in [0.717, 1.165) is 29.6 Å². The number of aromatic amines is 1. The number of aromatic nitrogens is 1. The number of hydrogen-bond donors (Lipinski definition) is 2. The lowest BCUT2D eigenvalue weighted by Gasteiger charge is -2.25. The molecule has 0 radical (unpaired) electrons. The van der Waals surface area contributed by atoms with E-state index >= 15 is 0 Å². The van der Waals surface area contributed by atoms with Crippen LogP contribution >= 0.6 is 12.4 Å². The molecule has 126 valence electrons. The molecule has 0 saturated heterocycles. The van der Waals surface area contributed by atoms with Crippen molar-refractivity contribution in [2.45, 2.75) is 12.5 Å². The first-order chi connectivity index (χ1) is 11.8. The van der Waals surface area contributed by atoms with E-state index < -0.39 is 0 Å². The van der Waals surface area contributed by atoms with Gasteiger partial charge >= 0.3 is 0 Å². The fraction of sp³-hybridized carbons (Fsp3) is 0.143. The molecule has 1 atom stereocenters. The molecular formula is C21H18ClFN2. The van der Waals surface area contributed by atoms with E-state index in [2.05, 4.69) is 52.8 Å². The Balaban J connectivity index is 0.00000157. The van der Waals surface area contributed by atoms with E-state index in [0.29, 0.717) is 0 Å². The molecule has 2 nitrogen and oxygen atoms in total. The number of nitrogens with one attached hydrogen (secondary N) is 2. The van der Waals surface area contributed by atoms with Crippen LogP contribution in [0.15, 0.2) is 60.7 Å². The van der Waals surface area contributed by atoms with Crippen molar-refractivity contribution in [1.82, 2.24) is 10.3 Å². The molecule has 4 aromatic rings. The van der Waals surface area contributed by atoms with E-state index in [-0.39, 0.29) is 24.3 Å². The molecule has 1 unspecified atom stereocenters. The largest absolute Gasteiger partial charge is 0.357 e. The van der Waals surface area contributed by atoms with Crippen LogP contribution < -0.4 is 5.32 Å². The van der Waals surface area contributed by atoms with Crippen LogP contribution in [0.5, 0.6) is 0 Å². The van der Waals surface area contributed by atoms with Crippen molar-refractivity contribution in [3.05, 3.63) is 83.3 Å². The van der Waals surface area contributed by atoms with Gasteiger partial charge in [0.2, 0.25) is 0 Å². The van der Waals surface area contributed by atoms with Crippen LogP contribution in [-0.2, 0) is 6.42 Å². The zero-order valence-corrected chi connectivity index (χ0v) is 14.4. The van der Waals surface area contributed by atoms with Crippen LogP contribution in [0, 0.1) is 5.82 Å². The molecule has 0 aliphatic carbocycles. The molecule has 0 bridgehead atoms. The molecule has 25 heavy (non-hydrogen) atoms. The predicted molar refractivity (Wildman–Crippen MR) is 103 cm³/mol. The highest BCUT2D eigenvalue weighted by Crippen LogP contribution is 2.34. The normalized spacial score (nSPS) is 16.6. The molecule has 0 saturated carbocycles. The van der Waals surface area contributed by atoms with Gasteiger partial charge in [-0.2, -0.15) is 0 Å². The van der Waals surface area contributed by atoms with Crippen molar-refractivity contribution in [1.29, 1.82) is 0 Å². The van der Waals surface area contributed by atoms with E-state index in [1.165, 1.54) is 28.0 Å². The molecule has 1 aromatic heterocycles. The molecular weight excluding hydrogens is 335 g/mol. The molecule has 0 spiro atoms. The van der Waals surface area contributed by atoms with Crippen LogP contribution in [-0.4, -0.2) is 11.5 Å². The maximum absolute atomic E-state index is 13.6. The SMILES string of the molecule is Cl.Fc1ccc2[nH]c3c(c2c1)CCNC3c1ccc2ccccc2c1. The summed E-state index contributed by atoms with van der Waals surface area (Å²) in [4.78, 5) is 3.51. The van der Waals surface area contributed by atoms with Gasteiger partial charge in [-0.15, -0.1) is 12.4 Å². The van der Waals surface area contributed by atoms with Gasteiger partial charge in [-0.3, -0.25) is 0 Å². The van der Waals surface area contributed by atoms with Crippen molar-refractivity contribution >= 4 is 34.1 Å². The lowest BCUT2D eigenvalue weighted by Crippen LogP contribution is -2.30. The molecule has 2 N–H and O–H groups in total. The highest BCUT2D eigenvalue weighted by molar-refractivity contribution is 5.86. The Morgan fingerprint density at radius 3 is 2.64 bits per heavy atom. The molecule has 1 aliphatic rings. The first-order valence-electron chi connectivity index (χ1n) is 8.32. The second-order valence-corrected chi connectivity index (χ2v) is 6.45. The van der Waals surface area contributed by atoms with Crippen LogP contribution in [0.3, 0.4) is 0 Å². The third kappa shape index (κ3) is 2.60. The van der Waals surface area contributed by atoms with Gasteiger partial charge in [0.15, 0.2) is 0 Å². The van der Waals surface area contributed by atoms with Crippen LogP contribution in [0.4, 0.5) is 4.39 Å². The average molecular weight is 353 g/mol. The van der Waals surface area contributed by atoms with E-state index in [1.807, 2.05) is 6.07 Å². The van der Waals surface area contributed by atoms with Crippen molar-refractivity contribution in [2.24, 2.45) is 0 Å². The molecule has 0 amide bonds. The molecule has 2 heterocycles. The Morgan fingerprint density at radius 1 is 0.920 bits per heavy atom. The fourth-order valence-corrected chi connectivity index (χ4v) is 3.87. The average Bonchev–Trinajstić information content (AvgIpc) is 2.99. The third-order valence-corrected chi connectivity index (χ3v) is 5.02. The third-order valence-electron chi connectivity index (χ3n) is 5.02.